The summed E-state index contributed by atoms with van der Waals surface area (Å²) in [6, 6.07) is 1.47. The van der Waals surface area contributed by atoms with Crippen LogP contribution in [0.25, 0.3) is 0 Å². The normalized spacial score (nSPS) is 27.6. The number of allylic oxidation sites excluding steroid dienone is 1. The van der Waals surface area contributed by atoms with Crippen molar-refractivity contribution in [2.24, 2.45) is 23.7 Å². The molecule has 1 saturated heterocycles. The standard InChI is InChI=1S/C32H43N5O7/c1-19(38)37-12-6-9-26(37)31(42)33-24(7-3-4-10-28(40)44-2)30(41)34-25-8-5-11-36(32(25)43)18-27(39)35-29-22-14-20-13-21(16-22)17-23(29)15-20/h4-5,8,10-11,20-24,26,29H,3,6-7,9,12-18H2,1-2H3,(H,33,42)(H,34,41)(H,35,39)/b10-4+/t20?,21?,22?,23?,24-,26-,29?/m0/s1. The lowest BCUT2D eigenvalue weighted by Gasteiger charge is -2.54. The Kier molecular flexibility index (Phi) is 9.85. The second-order valence-electron chi connectivity index (χ2n) is 12.8. The molecular weight excluding hydrogens is 566 g/mol. The maximum absolute atomic E-state index is 13.4. The summed E-state index contributed by atoms with van der Waals surface area (Å²) in [4.78, 5) is 77.8. The smallest absolute Gasteiger partial charge is 0.330 e. The molecule has 0 spiro atoms. The number of nitrogens with one attached hydrogen (secondary N) is 3. The zero-order valence-electron chi connectivity index (χ0n) is 25.5. The SMILES string of the molecule is COC(=O)/C=C/CC[C@H](NC(=O)[C@@H]1CCCN1C(C)=O)C(=O)Nc1cccn(CC(=O)NC2C3CC4CC(C3)CC2C4)c1=O. The van der Waals surface area contributed by atoms with Crippen LogP contribution in [0.4, 0.5) is 5.69 Å². The Morgan fingerprint density at radius 1 is 1.07 bits per heavy atom. The van der Waals surface area contributed by atoms with Crippen LogP contribution in [0, 0.1) is 23.7 Å². The third kappa shape index (κ3) is 7.22. The quantitative estimate of drug-likeness (QED) is 0.255. The largest absolute Gasteiger partial charge is 0.466 e. The first kappa shape index (κ1) is 31.5. The Balaban J connectivity index is 1.23. The highest BCUT2D eigenvalue weighted by atomic mass is 16.5. The summed E-state index contributed by atoms with van der Waals surface area (Å²) in [6.45, 7) is 1.70. The lowest BCUT2D eigenvalue weighted by Crippen LogP contribution is -2.56. The summed E-state index contributed by atoms with van der Waals surface area (Å²) in [5, 5.41) is 8.57. The number of pyridine rings is 1. The summed E-state index contributed by atoms with van der Waals surface area (Å²) >= 11 is 0. The average molecular weight is 610 g/mol. The molecule has 2 heterocycles. The summed E-state index contributed by atoms with van der Waals surface area (Å²) in [7, 11) is 1.25. The van der Waals surface area contributed by atoms with Crippen molar-refractivity contribution in [3.8, 4) is 0 Å². The summed E-state index contributed by atoms with van der Waals surface area (Å²) in [5.41, 5.74) is -0.550. The Hall–Kier alpha value is -3.96. The first-order valence-corrected chi connectivity index (χ1v) is 15.7. The van der Waals surface area contributed by atoms with Gasteiger partial charge in [-0.2, -0.15) is 0 Å². The molecule has 4 saturated carbocycles. The number of esters is 1. The third-order valence-electron chi connectivity index (χ3n) is 9.82. The molecule has 0 radical (unpaired) electrons. The van der Waals surface area contributed by atoms with E-state index in [1.165, 1.54) is 80.0 Å². The molecule has 0 aromatic carbocycles. The molecule has 4 amide bonds. The Bertz CT molecular complexity index is 1340. The van der Waals surface area contributed by atoms with E-state index in [-0.39, 0.29) is 42.9 Å². The van der Waals surface area contributed by atoms with Crippen molar-refractivity contribution >= 4 is 35.3 Å². The highest BCUT2D eigenvalue weighted by Gasteiger charge is 2.48. The molecule has 238 valence electrons. The maximum atomic E-state index is 13.4. The molecule has 6 rings (SSSR count). The zero-order chi connectivity index (χ0) is 31.4. The molecule has 3 N–H and O–H groups in total. The fraction of sp³-hybridized carbons (Fsp3) is 0.625. The second kappa shape index (κ2) is 13.8. The van der Waals surface area contributed by atoms with Crippen molar-refractivity contribution in [3.05, 3.63) is 40.8 Å². The number of likely N-dealkylation sites (tertiary alicyclic amines) is 1. The van der Waals surface area contributed by atoms with Crippen molar-refractivity contribution in [1.29, 1.82) is 0 Å². The minimum atomic E-state index is -1.05. The number of amides is 4. The molecule has 2 atom stereocenters. The molecule has 0 unspecified atom stereocenters. The van der Waals surface area contributed by atoms with Crippen LogP contribution in [0.1, 0.15) is 64.7 Å². The number of carbonyl (C=O) groups excluding carboxylic acids is 5. The number of aromatic nitrogens is 1. The van der Waals surface area contributed by atoms with Gasteiger partial charge in [0.25, 0.3) is 5.56 Å². The highest BCUT2D eigenvalue weighted by molar-refractivity contribution is 5.98. The second-order valence-corrected chi connectivity index (χ2v) is 12.8. The van der Waals surface area contributed by atoms with Crippen molar-refractivity contribution < 1.29 is 28.7 Å². The molecule has 12 nitrogen and oxygen atoms in total. The van der Waals surface area contributed by atoms with E-state index in [1.807, 2.05) is 0 Å². The molecule has 1 aromatic rings. The number of nitrogens with zero attached hydrogens (tertiary/aromatic N) is 2. The van der Waals surface area contributed by atoms with Gasteiger partial charge < -0.3 is 30.2 Å². The molecule has 5 fully saturated rings. The average Bonchev–Trinajstić information content (AvgIpc) is 3.49. The predicted octanol–water partition coefficient (Wildman–Crippen LogP) is 1.73. The molecule has 4 aliphatic carbocycles. The van der Waals surface area contributed by atoms with Gasteiger partial charge in [-0.15, -0.1) is 0 Å². The molecule has 1 aliphatic heterocycles. The van der Waals surface area contributed by atoms with E-state index in [4.69, 9.17) is 0 Å². The number of hydrogen-bond donors (Lipinski definition) is 3. The number of anilines is 1. The van der Waals surface area contributed by atoms with Gasteiger partial charge in [0.1, 0.15) is 24.3 Å². The molecule has 4 bridgehead atoms. The van der Waals surface area contributed by atoms with Gasteiger partial charge in [-0.1, -0.05) is 6.08 Å². The Labute approximate surface area is 256 Å². The molecule has 12 heteroatoms. The molecule has 1 aromatic heterocycles. The van der Waals surface area contributed by atoms with Crippen molar-refractivity contribution in [1.82, 2.24) is 20.1 Å². The minimum absolute atomic E-state index is 0.0181. The van der Waals surface area contributed by atoms with E-state index >= 15 is 0 Å². The predicted molar refractivity (Wildman–Crippen MR) is 161 cm³/mol. The monoisotopic (exact) mass is 609 g/mol. The summed E-state index contributed by atoms with van der Waals surface area (Å²) < 4.78 is 5.87. The Morgan fingerprint density at radius 3 is 2.43 bits per heavy atom. The Morgan fingerprint density at radius 2 is 1.77 bits per heavy atom. The number of ether oxygens (including phenoxy) is 1. The summed E-state index contributed by atoms with van der Waals surface area (Å²) in [6.07, 6.45) is 11.8. The summed E-state index contributed by atoms with van der Waals surface area (Å²) in [5.74, 6) is 0.540. The van der Waals surface area contributed by atoms with E-state index < -0.39 is 35.4 Å². The van der Waals surface area contributed by atoms with E-state index in [9.17, 15) is 28.8 Å². The minimum Gasteiger partial charge on any atom is -0.466 e. The first-order chi connectivity index (χ1) is 21.1. The molecular formula is C32H43N5O7. The van der Waals surface area contributed by atoms with Crippen LogP contribution in [0.3, 0.4) is 0 Å². The van der Waals surface area contributed by atoms with E-state index in [1.54, 1.807) is 6.07 Å². The van der Waals surface area contributed by atoms with Crippen LogP contribution >= 0.6 is 0 Å². The van der Waals surface area contributed by atoms with Crippen molar-refractivity contribution in [2.45, 2.75) is 89.4 Å². The van der Waals surface area contributed by atoms with Gasteiger partial charge in [-0.05, 0) is 93.6 Å². The van der Waals surface area contributed by atoms with Crippen LogP contribution in [0.15, 0.2) is 35.3 Å². The van der Waals surface area contributed by atoms with Crippen molar-refractivity contribution in [2.75, 3.05) is 19.0 Å². The van der Waals surface area contributed by atoms with Crippen LogP contribution in [-0.2, 0) is 35.3 Å². The zero-order valence-corrected chi connectivity index (χ0v) is 25.5. The van der Waals surface area contributed by atoms with E-state index in [0.29, 0.717) is 31.2 Å². The van der Waals surface area contributed by atoms with Gasteiger partial charge in [0.15, 0.2) is 0 Å². The lowest BCUT2D eigenvalue weighted by molar-refractivity contribution is -0.137. The van der Waals surface area contributed by atoms with Crippen LogP contribution < -0.4 is 21.5 Å². The van der Waals surface area contributed by atoms with Gasteiger partial charge in [0.2, 0.25) is 23.6 Å². The van der Waals surface area contributed by atoms with Gasteiger partial charge in [-0.3, -0.25) is 24.0 Å². The van der Waals surface area contributed by atoms with Crippen molar-refractivity contribution in [3.63, 3.8) is 0 Å². The highest BCUT2D eigenvalue weighted by Crippen LogP contribution is 2.53. The molecule has 5 aliphatic rings. The molecule has 44 heavy (non-hydrogen) atoms. The number of rotatable bonds is 11. The van der Waals surface area contributed by atoms with E-state index in [2.05, 4.69) is 20.7 Å². The van der Waals surface area contributed by atoms with Crippen LogP contribution in [0.5, 0.6) is 0 Å². The first-order valence-electron chi connectivity index (χ1n) is 15.7. The number of carbonyl (C=O) groups is 5. The maximum Gasteiger partial charge on any atom is 0.330 e. The lowest BCUT2D eigenvalue weighted by atomic mass is 9.54. The number of methoxy groups -OCH3 is 1. The van der Waals surface area contributed by atoms with Gasteiger partial charge in [0, 0.05) is 31.8 Å². The number of hydrogen-bond acceptors (Lipinski definition) is 7. The van der Waals surface area contributed by atoms with Crippen LogP contribution in [0.2, 0.25) is 0 Å². The van der Waals surface area contributed by atoms with Gasteiger partial charge in [-0.25, -0.2) is 4.79 Å². The van der Waals surface area contributed by atoms with Crippen LogP contribution in [-0.4, -0.2) is 70.8 Å². The topological polar surface area (TPSA) is 156 Å². The third-order valence-corrected chi connectivity index (χ3v) is 9.82. The van der Waals surface area contributed by atoms with Gasteiger partial charge in [0.05, 0.1) is 7.11 Å². The fourth-order valence-electron chi connectivity index (χ4n) is 7.99. The fourth-order valence-corrected chi connectivity index (χ4v) is 7.99. The van der Waals surface area contributed by atoms with Gasteiger partial charge >= 0.3 is 5.97 Å². The van der Waals surface area contributed by atoms with E-state index in [0.717, 1.165) is 11.8 Å².